The van der Waals surface area contributed by atoms with E-state index < -0.39 is 29.7 Å². The molecule has 0 saturated carbocycles. The van der Waals surface area contributed by atoms with Gasteiger partial charge in [0, 0.05) is 4.47 Å². The molecular formula is C8H6BrF4N. The molecule has 1 nitrogen and oxygen atoms in total. The van der Waals surface area contributed by atoms with Gasteiger partial charge in [0.2, 0.25) is 0 Å². The van der Waals surface area contributed by atoms with Crippen molar-refractivity contribution in [1.82, 2.24) is 0 Å². The van der Waals surface area contributed by atoms with Crippen LogP contribution in [0.3, 0.4) is 0 Å². The third kappa shape index (κ3) is 2.06. The van der Waals surface area contributed by atoms with E-state index in [-0.39, 0.29) is 4.47 Å². The van der Waals surface area contributed by atoms with Crippen LogP contribution in [0.5, 0.6) is 0 Å². The van der Waals surface area contributed by atoms with E-state index in [1.807, 2.05) is 0 Å². The molecule has 6 heteroatoms. The predicted octanol–water partition coefficient (Wildman–Crippen LogP) is 2.78. The van der Waals surface area contributed by atoms with Gasteiger partial charge in [0.1, 0.15) is 11.6 Å². The molecule has 0 fully saturated rings. The Morgan fingerprint density at radius 1 is 1.21 bits per heavy atom. The lowest BCUT2D eigenvalue weighted by Crippen LogP contribution is -2.27. The minimum absolute atomic E-state index is 0.0593. The Labute approximate surface area is 86.0 Å². The highest BCUT2D eigenvalue weighted by Crippen LogP contribution is 2.32. The van der Waals surface area contributed by atoms with Crippen molar-refractivity contribution < 1.29 is 17.6 Å². The predicted molar refractivity (Wildman–Crippen MR) is 47.0 cm³/mol. The highest BCUT2D eigenvalue weighted by molar-refractivity contribution is 9.10. The van der Waals surface area contributed by atoms with E-state index >= 15 is 0 Å². The van der Waals surface area contributed by atoms with Gasteiger partial charge in [0.25, 0.3) is 5.92 Å². The second kappa shape index (κ2) is 3.86. The van der Waals surface area contributed by atoms with Crippen LogP contribution in [0.25, 0.3) is 0 Å². The quantitative estimate of drug-likeness (QED) is 0.823. The van der Waals surface area contributed by atoms with Crippen molar-refractivity contribution in [1.29, 1.82) is 0 Å². The highest BCUT2D eigenvalue weighted by atomic mass is 79.9. The van der Waals surface area contributed by atoms with Crippen LogP contribution in [0.2, 0.25) is 0 Å². The Kier molecular flexibility index (Phi) is 3.16. The Hall–Kier alpha value is -0.620. The first-order valence-electron chi connectivity index (χ1n) is 3.61. The molecule has 0 radical (unpaired) electrons. The lowest BCUT2D eigenvalue weighted by Gasteiger charge is -2.15. The summed E-state index contributed by atoms with van der Waals surface area (Å²) in [5.41, 5.74) is 3.43. The van der Waals surface area contributed by atoms with E-state index in [0.717, 1.165) is 12.1 Å². The number of benzene rings is 1. The maximum Gasteiger partial charge on any atom is 0.290 e. The minimum atomic E-state index is -3.69. The van der Waals surface area contributed by atoms with Gasteiger partial charge < -0.3 is 5.73 Å². The van der Waals surface area contributed by atoms with Crippen LogP contribution in [-0.4, -0.2) is 6.54 Å². The molecule has 14 heavy (non-hydrogen) atoms. The number of nitrogens with two attached hydrogens (primary N) is 1. The summed E-state index contributed by atoms with van der Waals surface area (Å²) in [5, 5.41) is 0. The second-order valence-corrected chi connectivity index (χ2v) is 3.57. The van der Waals surface area contributed by atoms with Crippen LogP contribution in [0.1, 0.15) is 5.56 Å². The smallest absolute Gasteiger partial charge is 0.290 e. The molecule has 1 aromatic carbocycles. The second-order valence-electron chi connectivity index (χ2n) is 2.65. The zero-order valence-electron chi connectivity index (χ0n) is 6.83. The summed E-state index contributed by atoms with van der Waals surface area (Å²) < 4.78 is 51.9. The van der Waals surface area contributed by atoms with Gasteiger partial charge >= 0.3 is 0 Å². The van der Waals surface area contributed by atoms with Crippen molar-refractivity contribution in [3.8, 4) is 0 Å². The van der Waals surface area contributed by atoms with Crippen molar-refractivity contribution in [2.75, 3.05) is 6.54 Å². The lowest BCUT2D eigenvalue weighted by molar-refractivity contribution is -0.00139. The fourth-order valence-corrected chi connectivity index (χ4v) is 1.40. The largest absolute Gasteiger partial charge is 0.325 e. The Balaban J connectivity index is 3.35. The van der Waals surface area contributed by atoms with Crippen LogP contribution in [0.4, 0.5) is 17.6 Å². The van der Waals surface area contributed by atoms with E-state index in [1.54, 1.807) is 0 Å². The molecule has 0 bridgehead atoms. The number of rotatable bonds is 2. The van der Waals surface area contributed by atoms with Crippen molar-refractivity contribution in [2.45, 2.75) is 5.92 Å². The molecule has 0 spiro atoms. The van der Waals surface area contributed by atoms with Gasteiger partial charge in [-0.3, -0.25) is 0 Å². The van der Waals surface area contributed by atoms with E-state index in [0.29, 0.717) is 0 Å². The zero-order chi connectivity index (χ0) is 10.9. The summed E-state index contributed by atoms with van der Waals surface area (Å²) >= 11 is 2.78. The average Bonchev–Trinajstić information content (AvgIpc) is 2.01. The minimum Gasteiger partial charge on any atom is -0.325 e. The van der Waals surface area contributed by atoms with Gasteiger partial charge in [-0.25, -0.2) is 8.78 Å². The molecule has 0 unspecified atom stereocenters. The maximum absolute atomic E-state index is 13.0. The van der Waals surface area contributed by atoms with E-state index in [9.17, 15) is 17.6 Å². The van der Waals surface area contributed by atoms with Crippen molar-refractivity contribution in [2.24, 2.45) is 5.73 Å². The number of alkyl halides is 2. The molecule has 78 valence electrons. The van der Waals surface area contributed by atoms with Crippen LogP contribution in [0.15, 0.2) is 16.6 Å². The first-order valence-corrected chi connectivity index (χ1v) is 4.40. The number of hydrogen-bond donors (Lipinski definition) is 1. The molecule has 0 amide bonds. The fourth-order valence-electron chi connectivity index (χ4n) is 0.994. The number of hydrogen-bond acceptors (Lipinski definition) is 1. The summed E-state index contributed by atoms with van der Waals surface area (Å²) in [4.78, 5) is 0. The SMILES string of the molecule is NCC(F)(F)c1c(F)cc(Br)cc1F. The molecule has 2 N–H and O–H groups in total. The van der Waals surface area contributed by atoms with Crippen molar-refractivity contribution in [3.63, 3.8) is 0 Å². The van der Waals surface area contributed by atoms with Gasteiger partial charge in [-0.15, -0.1) is 0 Å². The first-order chi connectivity index (χ1) is 6.38. The molecule has 0 atom stereocenters. The summed E-state index contributed by atoms with van der Waals surface area (Å²) in [5.74, 6) is -6.31. The van der Waals surface area contributed by atoms with Crippen LogP contribution in [-0.2, 0) is 5.92 Å². The first kappa shape index (κ1) is 11.5. The highest BCUT2D eigenvalue weighted by Gasteiger charge is 2.36. The molecule has 0 aromatic heterocycles. The van der Waals surface area contributed by atoms with Gasteiger partial charge in [0.15, 0.2) is 0 Å². The Morgan fingerprint density at radius 2 is 1.64 bits per heavy atom. The maximum atomic E-state index is 13.0. The molecule has 0 aliphatic carbocycles. The summed E-state index contributed by atoms with van der Waals surface area (Å²) in [6, 6.07) is 1.53. The van der Waals surface area contributed by atoms with Gasteiger partial charge in [-0.1, -0.05) is 15.9 Å². The average molecular weight is 272 g/mol. The summed E-state index contributed by atoms with van der Waals surface area (Å²) in [6.45, 7) is -1.14. The fraction of sp³-hybridized carbons (Fsp3) is 0.250. The topological polar surface area (TPSA) is 26.0 Å². The molecule has 1 rings (SSSR count). The zero-order valence-corrected chi connectivity index (χ0v) is 8.41. The van der Waals surface area contributed by atoms with E-state index in [1.165, 1.54) is 0 Å². The summed E-state index contributed by atoms with van der Waals surface area (Å²) in [6.07, 6.45) is 0. The van der Waals surface area contributed by atoms with Crippen LogP contribution < -0.4 is 5.73 Å². The monoisotopic (exact) mass is 271 g/mol. The number of halogens is 5. The third-order valence-electron chi connectivity index (χ3n) is 1.63. The van der Waals surface area contributed by atoms with E-state index in [4.69, 9.17) is 5.73 Å². The van der Waals surface area contributed by atoms with Gasteiger partial charge in [0.05, 0.1) is 12.1 Å². The van der Waals surface area contributed by atoms with E-state index in [2.05, 4.69) is 15.9 Å². The molecule has 0 aliphatic heterocycles. The molecule has 0 aliphatic rings. The molecular weight excluding hydrogens is 266 g/mol. The van der Waals surface area contributed by atoms with Crippen molar-refractivity contribution in [3.05, 3.63) is 33.8 Å². The third-order valence-corrected chi connectivity index (χ3v) is 2.09. The molecule has 0 saturated heterocycles. The molecule has 0 heterocycles. The van der Waals surface area contributed by atoms with Crippen molar-refractivity contribution >= 4 is 15.9 Å². The van der Waals surface area contributed by atoms with Gasteiger partial charge in [-0.2, -0.15) is 8.78 Å². The van der Waals surface area contributed by atoms with Crippen LogP contribution >= 0.6 is 15.9 Å². The standard InChI is InChI=1S/C8H6BrF4N/c9-4-1-5(10)7(6(11)2-4)8(12,13)3-14/h1-2H,3,14H2. The van der Waals surface area contributed by atoms with Gasteiger partial charge in [-0.05, 0) is 12.1 Å². The molecule has 1 aromatic rings. The normalized spacial score (nSPS) is 11.9. The van der Waals surface area contributed by atoms with Crippen LogP contribution in [0, 0.1) is 11.6 Å². The Bertz CT molecular complexity index is 330. The summed E-state index contributed by atoms with van der Waals surface area (Å²) in [7, 11) is 0. The lowest BCUT2D eigenvalue weighted by atomic mass is 10.1. The Morgan fingerprint density at radius 3 is 2.00 bits per heavy atom.